The molecule has 1 saturated heterocycles. The van der Waals surface area contributed by atoms with E-state index in [1.165, 1.54) is 13.0 Å². The predicted octanol–water partition coefficient (Wildman–Crippen LogP) is 0.768. The average molecular weight is 243 g/mol. The summed E-state index contributed by atoms with van der Waals surface area (Å²) >= 11 is 0. The van der Waals surface area contributed by atoms with Crippen molar-refractivity contribution >= 4 is 0 Å². The van der Waals surface area contributed by atoms with Crippen LogP contribution < -0.4 is 5.73 Å². The Morgan fingerprint density at radius 2 is 1.82 bits per heavy atom. The fraction of sp³-hybridized carbons (Fsp3) is 1.00. The van der Waals surface area contributed by atoms with Gasteiger partial charge in [-0.3, -0.25) is 4.90 Å². The minimum atomic E-state index is 0.00825. The van der Waals surface area contributed by atoms with E-state index in [2.05, 4.69) is 23.6 Å². The molecule has 1 heterocycles. The van der Waals surface area contributed by atoms with Gasteiger partial charge in [0.15, 0.2) is 0 Å². The van der Waals surface area contributed by atoms with Gasteiger partial charge in [0.25, 0.3) is 0 Å². The molecule has 17 heavy (non-hydrogen) atoms. The molecule has 0 aromatic carbocycles. The van der Waals surface area contributed by atoms with Gasteiger partial charge in [-0.15, -0.1) is 0 Å². The molecule has 0 amide bonds. The topological polar surface area (TPSA) is 41.7 Å². The molecule has 1 rings (SSSR count). The maximum atomic E-state index is 5.94. The number of nitrogens with two attached hydrogens (primary N) is 1. The molecule has 2 N–H and O–H groups in total. The number of hydrogen-bond donors (Lipinski definition) is 1. The lowest BCUT2D eigenvalue weighted by Crippen LogP contribution is -2.60. The SMILES string of the molecule is CCCN1CCN(C(C)(CN)COCC)CC1. The molecule has 0 aromatic heterocycles. The Bertz CT molecular complexity index is 205. The minimum Gasteiger partial charge on any atom is -0.380 e. The van der Waals surface area contributed by atoms with E-state index in [4.69, 9.17) is 10.5 Å². The zero-order valence-electron chi connectivity index (χ0n) is 11.7. The normalized spacial score (nSPS) is 22.6. The van der Waals surface area contributed by atoms with E-state index in [1.54, 1.807) is 0 Å². The third-order valence-electron chi connectivity index (χ3n) is 3.73. The molecule has 1 aliphatic heterocycles. The van der Waals surface area contributed by atoms with Gasteiger partial charge in [-0.25, -0.2) is 0 Å². The Labute approximate surface area is 106 Å². The van der Waals surface area contributed by atoms with Gasteiger partial charge in [0.1, 0.15) is 0 Å². The molecule has 1 fully saturated rings. The minimum absolute atomic E-state index is 0.00825. The van der Waals surface area contributed by atoms with Crippen LogP contribution in [-0.4, -0.2) is 67.8 Å². The van der Waals surface area contributed by atoms with Crippen LogP contribution in [0.5, 0.6) is 0 Å². The molecule has 0 aliphatic carbocycles. The Morgan fingerprint density at radius 1 is 1.18 bits per heavy atom. The Hall–Kier alpha value is -0.160. The van der Waals surface area contributed by atoms with E-state index >= 15 is 0 Å². The van der Waals surface area contributed by atoms with Crippen molar-refractivity contribution in [3.05, 3.63) is 0 Å². The first kappa shape index (κ1) is 14.9. The first-order chi connectivity index (χ1) is 8.16. The van der Waals surface area contributed by atoms with Crippen molar-refractivity contribution in [1.82, 2.24) is 9.80 Å². The number of rotatable bonds is 7. The van der Waals surface area contributed by atoms with Crippen LogP contribution in [0.2, 0.25) is 0 Å². The van der Waals surface area contributed by atoms with Gasteiger partial charge in [0.05, 0.1) is 12.1 Å². The quantitative estimate of drug-likeness (QED) is 0.717. The first-order valence-electron chi connectivity index (χ1n) is 6.91. The smallest absolute Gasteiger partial charge is 0.0659 e. The summed E-state index contributed by atoms with van der Waals surface area (Å²) in [5.41, 5.74) is 5.94. The summed E-state index contributed by atoms with van der Waals surface area (Å²) in [4.78, 5) is 5.03. The maximum Gasteiger partial charge on any atom is 0.0659 e. The van der Waals surface area contributed by atoms with Crippen LogP contribution >= 0.6 is 0 Å². The number of piperazine rings is 1. The van der Waals surface area contributed by atoms with Crippen LogP contribution in [-0.2, 0) is 4.74 Å². The van der Waals surface area contributed by atoms with Crippen molar-refractivity contribution in [2.24, 2.45) is 5.73 Å². The summed E-state index contributed by atoms with van der Waals surface area (Å²) in [5.74, 6) is 0. The largest absolute Gasteiger partial charge is 0.380 e. The van der Waals surface area contributed by atoms with Crippen LogP contribution in [0.1, 0.15) is 27.2 Å². The third-order valence-corrected chi connectivity index (χ3v) is 3.73. The van der Waals surface area contributed by atoms with Gasteiger partial charge < -0.3 is 15.4 Å². The highest BCUT2D eigenvalue weighted by atomic mass is 16.5. The summed E-state index contributed by atoms with van der Waals surface area (Å²) < 4.78 is 5.58. The number of nitrogens with zero attached hydrogens (tertiary/aromatic N) is 2. The Morgan fingerprint density at radius 3 is 2.29 bits per heavy atom. The van der Waals surface area contributed by atoms with Crippen molar-refractivity contribution in [2.45, 2.75) is 32.7 Å². The molecule has 1 aliphatic rings. The van der Waals surface area contributed by atoms with E-state index in [-0.39, 0.29) is 5.54 Å². The lowest BCUT2D eigenvalue weighted by atomic mass is 10.00. The van der Waals surface area contributed by atoms with Crippen LogP contribution in [0.3, 0.4) is 0 Å². The summed E-state index contributed by atoms with van der Waals surface area (Å²) in [6.45, 7) is 14.4. The summed E-state index contributed by atoms with van der Waals surface area (Å²) in [6, 6.07) is 0. The second kappa shape index (κ2) is 7.31. The molecule has 4 heteroatoms. The molecule has 0 radical (unpaired) electrons. The Kier molecular flexibility index (Phi) is 6.41. The van der Waals surface area contributed by atoms with Gasteiger partial charge in [-0.2, -0.15) is 0 Å². The van der Waals surface area contributed by atoms with E-state index in [0.717, 1.165) is 39.4 Å². The Balaban J connectivity index is 2.43. The zero-order chi connectivity index (χ0) is 12.7. The van der Waals surface area contributed by atoms with Crippen molar-refractivity contribution in [3.8, 4) is 0 Å². The monoisotopic (exact) mass is 243 g/mol. The van der Waals surface area contributed by atoms with Gasteiger partial charge >= 0.3 is 0 Å². The summed E-state index contributed by atoms with van der Waals surface area (Å²) in [6.07, 6.45) is 1.24. The second-order valence-electron chi connectivity index (χ2n) is 5.17. The first-order valence-corrected chi connectivity index (χ1v) is 6.91. The number of ether oxygens (including phenoxy) is 1. The lowest BCUT2D eigenvalue weighted by molar-refractivity contribution is -0.0144. The molecular formula is C13H29N3O. The van der Waals surface area contributed by atoms with E-state index in [1.807, 2.05) is 6.92 Å². The molecular weight excluding hydrogens is 214 g/mol. The average Bonchev–Trinajstić information content (AvgIpc) is 2.37. The van der Waals surface area contributed by atoms with Gasteiger partial charge in [-0.1, -0.05) is 6.92 Å². The van der Waals surface area contributed by atoms with Crippen molar-refractivity contribution in [2.75, 3.05) is 52.5 Å². The number of hydrogen-bond acceptors (Lipinski definition) is 4. The molecule has 1 unspecified atom stereocenters. The zero-order valence-corrected chi connectivity index (χ0v) is 11.7. The molecule has 0 bridgehead atoms. The van der Waals surface area contributed by atoms with Crippen molar-refractivity contribution in [1.29, 1.82) is 0 Å². The lowest BCUT2D eigenvalue weighted by Gasteiger charge is -2.45. The highest BCUT2D eigenvalue weighted by Gasteiger charge is 2.32. The van der Waals surface area contributed by atoms with Gasteiger partial charge in [0.2, 0.25) is 0 Å². The fourth-order valence-corrected chi connectivity index (χ4v) is 2.43. The van der Waals surface area contributed by atoms with Crippen LogP contribution in [0, 0.1) is 0 Å². The van der Waals surface area contributed by atoms with Crippen molar-refractivity contribution < 1.29 is 4.74 Å². The molecule has 0 aromatic rings. The third kappa shape index (κ3) is 4.21. The highest BCUT2D eigenvalue weighted by molar-refractivity contribution is 4.90. The van der Waals surface area contributed by atoms with Gasteiger partial charge in [0, 0.05) is 39.3 Å². The highest BCUT2D eigenvalue weighted by Crippen LogP contribution is 2.17. The standard InChI is InChI=1S/C13H29N3O/c1-4-6-15-7-9-16(10-8-15)13(3,11-14)12-17-5-2/h4-12,14H2,1-3H3. The van der Waals surface area contributed by atoms with E-state index < -0.39 is 0 Å². The molecule has 102 valence electrons. The molecule has 0 saturated carbocycles. The second-order valence-corrected chi connectivity index (χ2v) is 5.17. The summed E-state index contributed by atoms with van der Waals surface area (Å²) in [7, 11) is 0. The fourth-order valence-electron chi connectivity index (χ4n) is 2.43. The predicted molar refractivity (Wildman–Crippen MR) is 72.3 cm³/mol. The molecule has 4 nitrogen and oxygen atoms in total. The molecule has 1 atom stereocenters. The summed E-state index contributed by atoms with van der Waals surface area (Å²) in [5, 5.41) is 0. The molecule has 0 spiro atoms. The van der Waals surface area contributed by atoms with Gasteiger partial charge in [-0.05, 0) is 26.8 Å². The maximum absolute atomic E-state index is 5.94. The van der Waals surface area contributed by atoms with Crippen LogP contribution in [0.25, 0.3) is 0 Å². The van der Waals surface area contributed by atoms with Crippen LogP contribution in [0.4, 0.5) is 0 Å². The van der Waals surface area contributed by atoms with Crippen molar-refractivity contribution in [3.63, 3.8) is 0 Å². The van der Waals surface area contributed by atoms with E-state index in [0.29, 0.717) is 6.54 Å². The van der Waals surface area contributed by atoms with Crippen LogP contribution in [0.15, 0.2) is 0 Å². The van der Waals surface area contributed by atoms with E-state index in [9.17, 15) is 0 Å².